The van der Waals surface area contributed by atoms with Gasteiger partial charge < -0.3 is 14.6 Å². The second-order valence-electron chi connectivity index (χ2n) is 5.16. The first-order chi connectivity index (χ1) is 8.71. The van der Waals surface area contributed by atoms with Gasteiger partial charge in [0.15, 0.2) is 0 Å². The van der Waals surface area contributed by atoms with Crippen molar-refractivity contribution < 1.29 is 24.2 Å². The lowest BCUT2D eigenvalue weighted by Crippen LogP contribution is -2.47. The van der Waals surface area contributed by atoms with E-state index in [0.717, 1.165) is 0 Å². The van der Waals surface area contributed by atoms with Crippen molar-refractivity contribution in [3.8, 4) is 0 Å². The van der Waals surface area contributed by atoms with Crippen molar-refractivity contribution in [2.75, 3.05) is 0 Å². The summed E-state index contributed by atoms with van der Waals surface area (Å²) in [5.74, 6) is -1.63. The van der Waals surface area contributed by atoms with Gasteiger partial charge in [-0.3, -0.25) is 9.59 Å². The number of ether oxygens (including phenoxy) is 2. The second-order valence-corrected chi connectivity index (χ2v) is 5.16. The van der Waals surface area contributed by atoms with Gasteiger partial charge in [-0.05, 0) is 40.5 Å². The Morgan fingerprint density at radius 2 is 1.37 bits per heavy atom. The molecule has 0 spiro atoms. The number of rotatable bonds is 9. The van der Waals surface area contributed by atoms with Gasteiger partial charge in [0.2, 0.25) is 12.1 Å². The Bertz CT molecular complexity index is 295. The summed E-state index contributed by atoms with van der Waals surface area (Å²) < 4.78 is 10.9. The molecule has 0 saturated heterocycles. The number of aliphatic carboxylic acids is 1. The molecular weight excluding hydrogens is 248 g/mol. The van der Waals surface area contributed by atoms with Crippen molar-refractivity contribution in [2.45, 2.75) is 72.9 Å². The van der Waals surface area contributed by atoms with Gasteiger partial charge in [0.05, 0.1) is 12.2 Å². The molecule has 0 fully saturated rings. The number of hydrogen-bond acceptors (Lipinski definition) is 4. The van der Waals surface area contributed by atoms with Gasteiger partial charge in [0.25, 0.3) is 0 Å². The van der Waals surface area contributed by atoms with Crippen LogP contribution in [0.4, 0.5) is 0 Å². The van der Waals surface area contributed by atoms with Gasteiger partial charge >= 0.3 is 5.97 Å². The van der Waals surface area contributed by atoms with E-state index in [1.165, 1.54) is 0 Å². The second kappa shape index (κ2) is 7.60. The van der Waals surface area contributed by atoms with Gasteiger partial charge in [-0.25, -0.2) is 0 Å². The minimum atomic E-state index is -1.44. The van der Waals surface area contributed by atoms with E-state index >= 15 is 0 Å². The van der Waals surface area contributed by atoms with Crippen LogP contribution in [0.1, 0.15) is 54.4 Å². The van der Waals surface area contributed by atoms with Gasteiger partial charge in [-0.1, -0.05) is 13.8 Å². The van der Waals surface area contributed by atoms with Gasteiger partial charge in [-0.15, -0.1) is 0 Å². The predicted molar refractivity (Wildman–Crippen MR) is 71.9 cm³/mol. The summed E-state index contributed by atoms with van der Waals surface area (Å²) >= 11 is 0. The first-order valence-electron chi connectivity index (χ1n) is 6.79. The first kappa shape index (κ1) is 18.1. The largest absolute Gasteiger partial charge is 0.480 e. The maximum Gasteiger partial charge on any atom is 0.317 e. The molecule has 0 aliphatic heterocycles. The van der Waals surface area contributed by atoms with E-state index in [1.54, 1.807) is 41.5 Å². The van der Waals surface area contributed by atoms with Crippen LogP contribution < -0.4 is 0 Å². The molecule has 0 amide bonds. The molecule has 0 aromatic heterocycles. The molecule has 0 unspecified atom stereocenters. The van der Waals surface area contributed by atoms with Crippen LogP contribution in [0.5, 0.6) is 0 Å². The lowest BCUT2D eigenvalue weighted by molar-refractivity contribution is -0.201. The molecule has 0 aliphatic carbocycles. The van der Waals surface area contributed by atoms with Crippen molar-refractivity contribution in [1.29, 1.82) is 0 Å². The third-order valence-electron chi connectivity index (χ3n) is 3.09. The van der Waals surface area contributed by atoms with E-state index < -0.39 is 23.5 Å². The van der Waals surface area contributed by atoms with Crippen LogP contribution in [0.3, 0.4) is 0 Å². The molecule has 1 N–H and O–H groups in total. The van der Waals surface area contributed by atoms with E-state index in [0.29, 0.717) is 0 Å². The third-order valence-corrected chi connectivity index (χ3v) is 3.09. The summed E-state index contributed by atoms with van der Waals surface area (Å²) in [7, 11) is 0. The molecule has 0 radical (unpaired) electrons. The normalized spacial score (nSPS) is 12.5. The van der Waals surface area contributed by atoms with E-state index in [4.69, 9.17) is 9.47 Å². The molecule has 0 bridgehead atoms. The Balaban J connectivity index is 5.29. The lowest BCUT2D eigenvalue weighted by atomic mass is 9.78. The minimum Gasteiger partial charge on any atom is -0.480 e. The summed E-state index contributed by atoms with van der Waals surface area (Å²) in [6.45, 7) is 10.5. The number of carboxylic acid groups (broad SMARTS) is 1. The molecule has 5 nitrogen and oxygen atoms in total. The SMILES string of the molecule is CCC(CC)(C(=O)O)C(=O)C(OC(C)C)OC(C)C. The van der Waals surface area contributed by atoms with E-state index in [9.17, 15) is 14.7 Å². The monoisotopic (exact) mass is 274 g/mol. The third kappa shape index (κ3) is 4.58. The molecule has 0 aromatic carbocycles. The summed E-state index contributed by atoms with van der Waals surface area (Å²) in [4.78, 5) is 24.0. The van der Waals surface area contributed by atoms with E-state index in [1.807, 2.05) is 0 Å². The first-order valence-corrected chi connectivity index (χ1v) is 6.79. The van der Waals surface area contributed by atoms with Crippen LogP contribution in [0.25, 0.3) is 0 Å². The van der Waals surface area contributed by atoms with Crippen LogP contribution in [0.15, 0.2) is 0 Å². The zero-order valence-corrected chi connectivity index (χ0v) is 12.7. The van der Waals surface area contributed by atoms with Gasteiger partial charge in [0, 0.05) is 0 Å². The predicted octanol–water partition coefficient (Wildman–Crippen LogP) is 2.62. The van der Waals surface area contributed by atoms with Crippen molar-refractivity contribution >= 4 is 11.8 Å². The van der Waals surface area contributed by atoms with Gasteiger partial charge in [0.1, 0.15) is 5.41 Å². The smallest absolute Gasteiger partial charge is 0.317 e. The molecule has 112 valence electrons. The van der Waals surface area contributed by atoms with Crippen LogP contribution in [0.2, 0.25) is 0 Å². The van der Waals surface area contributed by atoms with Crippen molar-refractivity contribution in [1.82, 2.24) is 0 Å². The molecule has 0 aromatic rings. The average molecular weight is 274 g/mol. The van der Waals surface area contributed by atoms with Crippen molar-refractivity contribution in [3.63, 3.8) is 0 Å². The van der Waals surface area contributed by atoms with Crippen LogP contribution in [-0.2, 0) is 19.1 Å². The van der Waals surface area contributed by atoms with Crippen LogP contribution in [-0.4, -0.2) is 35.4 Å². The van der Waals surface area contributed by atoms with Crippen LogP contribution >= 0.6 is 0 Å². The summed E-state index contributed by atoms with van der Waals surface area (Å²) in [6, 6.07) is 0. The molecule has 0 aliphatic rings. The fourth-order valence-electron chi connectivity index (χ4n) is 1.88. The molecule has 0 rings (SSSR count). The number of carbonyl (C=O) groups excluding carboxylic acids is 1. The number of carbonyl (C=O) groups is 2. The molecular formula is C14H26O5. The number of ketones is 1. The highest BCUT2D eigenvalue weighted by molar-refractivity contribution is 6.04. The van der Waals surface area contributed by atoms with E-state index in [-0.39, 0.29) is 25.0 Å². The molecule has 0 atom stereocenters. The highest BCUT2D eigenvalue weighted by Gasteiger charge is 2.47. The van der Waals surface area contributed by atoms with Crippen molar-refractivity contribution in [3.05, 3.63) is 0 Å². The zero-order valence-electron chi connectivity index (χ0n) is 12.7. The summed E-state index contributed by atoms with van der Waals surface area (Å²) in [6.07, 6.45) is -1.12. The quantitative estimate of drug-likeness (QED) is 0.517. The maximum atomic E-state index is 12.5. The highest BCUT2D eigenvalue weighted by atomic mass is 16.7. The molecule has 0 saturated carbocycles. The maximum absolute atomic E-state index is 12.5. The Hall–Kier alpha value is -0.940. The number of carboxylic acids is 1. The summed E-state index contributed by atoms with van der Waals surface area (Å²) in [5, 5.41) is 9.38. The lowest BCUT2D eigenvalue weighted by Gasteiger charge is -2.31. The Morgan fingerprint density at radius 3 is 1.58 bits per heavy atom. The topological polar surface area (TPSA) is 72.8 Å². The van der Waals surface area contributed by atoms with Gasteiger partial charge in [-0.2, -0.15) is 0 Å². The molecule has 0 heterocycles. The fraction of sp³-hybridized carbons (Fsp3) is 0.857. The Morgan fingerprint density at radius 1 is 1.00 bits per heavy atom. The standard InChI is InChI=1S/C14H26O5/c1-7-14(8-2,13(16)17)11(15)12(18-9(3)4)19-10(5)6/h9-10,12H,7-8H2,1-6H3,(H,16,17). The molecule has 5 heteroatoms. The number of hydrogen-bond donors (Lipinski definition) is 1. The fourth-order valence-corrected chi connectivity index (χ4v) is 1.88. The minimum absolute atomic E-state index is 0.215. The molecule has 19 heavy (non-hydrogen) atoms. The van der Waals surface area contributed by atoms with E-state index in [2.05, 4.69) is 0 Å². The highest BCUT2D eigenvalue weighted by Crippen LogP contribution is 2.31. The Labute approximate surface area is 115 Å². The number of Topliss-reactive ketones (excluding diaryl/α,β-unsaturated/α-hetero) is 1. The Kier molecular flexibility index (Phi) is 7.23. The average Bonchev–Trinajstić information content (AvgIpc) is 2.28. The van der Waals surface area contributed by atoms with Crippen molar-refractivity contribution in [2.24, 2.45) is 5.41 Å². The van der Waals surface area contributed by atoms with Crippen LogP contribution in [0, 0.1) is 5.41 Å². The zero-order chi connectivity index (χ0) is 15.2. The summed E-state index contributed by atoms with van der Waals surface area (Å²) in [5.41, 5.74) is -1.44.